The summed E-state index contributed by atoms with van der Waals surface area (Å²) in [6.45, 7) is 7.02. The number of aliphatic hydroxyl groups is 1. The van der Waals surface area contributed by atoms with Crippen LogP contribution in [0, 0.1) is 16.7 Å². The molecule has 3 heterocycles. The summed E-state index contributed by atoms with van der Waals surface area (Å²) in [4.78, 5) is 56.9. The number of amides is 2. The minimum absolute atomic E-state index is 0.00849. The van der Waals surface area contributed by atoms with Crippen LogP contribution in [0.15, 0.2) is 63.4 Å². The van der Waals surface area contributed by atoms with Gasteiger partial charge in [-0.25, -0.2) is 9.69 Å². The minimum atomic E-state index is -0.892. The largest absolute Gasteiger partial charge is 0.494 e. The van der Waals surface area contributed by atoms with Crippen LogP contribution in [0.3, 0.4) is 0 Å². The Morgan fingerprint density at radius 2 is 1.82 bits per heavy atom. The van der Waals surface area contributed by atoms with E-state index in [1.807, 2.05) is 26.0 Å². The molecule has 1 N–H and O–H groups in total. The molecule has 0 bridgehead atoms. The number of ether oxygens (including phenoxy) is 1. The van der Waals surface area contributed by atoms with E-state index in [0.717, 1.165) is 28.0 Å². The Labute approximate surface area is 239 Å². The second-order valence-electron chi connectivity index (χ2n) is 10.3. The van der Waals surface area contributed by atoms with Crippen molar-refractivity contribution in [1.29, 1.82) is 5.26 Å². The fourth-order valence-corrected chi connectivity index (χ4v) is 7.35. The average molecular weight is 576 g/mol. The summed E-state index contributed by atoms with van der Waals surface area (Å²) in [5.74, 6) is -2.74. The van der Waals surface area contributed by atoms with Gasteiger partial charge in [0.25, 0.3) is 11.8 Å². The van der Waals surface area contributed by atoms with Crippen molar-refractivity contribution < 1.29 is 29.0 Å². The number of aliphatic hydroxyl groups excluding tert-OH is 1. The molecule has 0 unspecified atom stereocenters. The first-order valence-corrected chi connectivity index (χ1v) is 14.2. The summed E-state index contributed by atoms with van der Waals surface area (Å²) < 4.78 is 5.31. The molecule has 1 aliphatic carbocycles. The van der Waals surface area contributed by atoms with Gasteiger partial charge in [0, 0.05) is 17.5 Å². The number of carbonyl (C=O) groups excluding carboxylic acids is 4. The quantitative estimate of drug-likeness (QED) is 0.281. The molecule has 40 heavy (non-hydrogen) atoms. The SMILES string of the molecule is CCOC(=O)c1c(N2C(=O)C(C#N)=C(C)/C(=C3\SC=C(O)N3c3ccccc3)C2=O)sc2c1CC(C)(C)CC2=O. The molecule has 0 atom stereocenters. The van der Waals surface area contributed by atoms with E-state index in [1.165, 1.54) is 17.2 Å². The average Bonchev–Trinajstić information content (AvgIpc) is 3.45. The number of nitriles is 1. The lowest BCUT2D eigenvalue weighted by Gasteiger charge is -2.30. The van der Waals surface area contributed by atoms with E-state index in [-0.39, 0.29) is 52.0 Å². The zero-order chi connectivity index (χ0) is 28.9. The summed E-state index contributed by atoms with van der Waals surface area (Å²) in [7, 11) is 0. The molecular weight excluding hydrogens is 550 g/mol. The molecule has 0 saturated heterocycles. The number of thiophene rings is 1. The van der Waals surface area contributed by atoms with E-state index < -0.39 is 23.2 Å². The maximum Gasteiger partial charge on any atom is 0.341 e. The molecule has 3 aliphatic rings. The second kappa shape index (κ2) is 10.1. The minimum Gasteiger partial charge on any atom is -0.494 e. The molecule has 0 saturated carbocycles. The van der Waals surface area contributed by atoms with Crippen LogP contribution in [0.5, 0.6) is 0 Å². The number of Topliss-reactive ketones (excluding diaryl/α,β-unsaturated/α-hetero) is 1. The van der Waals surface area contributed by atoms with E-state index in [2.05, 4.69) is 0 Å². The molecule has 1 aromatic carbocycles. The van der Waals surface area contributed by atoms with Crippen molar-refractivity contribution in [3.8, 4) is 6.07 Å². The molecule has 9 nitrogen and oxygen atoms in total. The lowest BCUT2D eigenvalue weighted by Crippen LogP contribution is -2.44. The smallest absolute Gasteiger partial charge is 0.341 e. The third-order valence-corrected chi connectivity index (χ3v) is 9.05. The van der Waals surface area contributed by atoms with E-state index in [1.54, 1.807) is 31.2 Å². The van der Waals surface area contributed by atoms with Gasteiger partial charge in [-0.05, 0) is 49.0 Å². The molecule has 2 aliphatic heterocycles. The van der Waals surface area contributed by atoms with E-state index in [0.29, 0.717) is 27.6 Å². The third kappa shape index (κ3) is 4.33. The number of ketones is 1. The van der Waals surface area contributed by atoms with Gasteiger partial charge in [-0.3, -0.25) is 19.3 Å². The number of hydrogen-bond donors (Lipinski definition) is 1. The highest BCUT2D eigenvalue weighted by Gasteiger charge is 2.46. The van der Waals surface area contributed by atoms with Crippen LogP contribution in [-0.4, -0.2) is 35.3 Å². The lowest BCUT2D eigenvalue weighted by molar-refractivity contribution is -0.122. The standard InChI is InChI=1S/C29H25N3O6S2/c1-5-38-28(37)22-17-11-29(3,4)12-19(33)23(17)40-27(22)32-24(35)18(13-30)15(2)21(25(32)36)26-31(20(34)14-39-26)16-9-7-6-8-10-16/h6-10,14,34H,5,11-12H2,1-4H3/b26-21+. The van der Waals surface area contributed by atoms with Crippen LogP contribution >= 0.6 is 23.1 Å². The number of benzene rings is 1. The molecule has 204 valence electrons. The van der Waals surface area contributed by atoms with Crippen molar-refractivity contribution in [3.63, 3.8) is 0 Å². The summed E-state index contributed by atoms with van der Waals surface area (Å²) in [6, 6.07) is 10.8. The maximum atomic E-state index is 14.3. The number of anilines is 2. The number of carbonyl (C=O) groups is 4. The van der Waals surface area contributed by atoms with Gasteiger partial charge in [0.15, 0.2) is 5.78 Å². The van der Waals surface area contributed by atoms with Gasteiger partial charge in [-0.1, -0.05) is 43.8 Å². The predicted octanol–water partition coefficient (Wildman–Crippen LogP) is 5.62. The zero-order valence-electron chi connectivity index (χ0n) is 22.2. The molecule has 2 amide bonds. The molecule has 0 fully saturated rings. The van der Waals surface area contributed by atoms with E-state index >= 15 is 0 Å². The van der Waals surface area contributed by atoms with Crippen molar-refractivity contribution in [2.45, 2.75) is 40.5 Å². The molecule has 11 heteroatoms. The van der Waals surface area contributed by atoms with Crippen molar-refractivity contribution >= 4 is 57.4 Å². The summed E-state index contributed by atoms with van der Waals surface area (Å²) in [5.41, 5.74) is 0.453. The first kappa shape index (κ1) is 27.4. The first-order valence-electron chi connectivity index (χ1n) is 12.5. The van der Waals surface area contributed by atoms with Gasteiger partial charge in [0.05, 0.1) is 22.6 Å². The number of esters is 1. The Bertz CT molecular complexity index is 1620. The number of nitrogens with zero attached hydrogens (tertiary/aromatic N) is 3. The van der Waals surface area contributed by atoms with Gasteiger partial charge in [0.2, 0.25) is 5.88 Å². The number of imide groups is 1. The van der Waals surface area contributed by atoms with Crippen molar-refractivity contribution in [1.82, 2.24) is 0 Å². The predicted molar refractivity (Wildman–Crippen MR) is 152 cm³/mol. The Kier molecular flexibility index (Phi) is 6.94. The van der Waals surface area contributed by atoms with E-state index in [9.17, 15) is 29.5 Å². The Balaban J connectivity index is 1.75. The number of rotatable bonds is 4. The maximum absolute atomic E-state index is 14.3. The Hall–Kier alpha value is -4.14. The highest BCUT2D eigenvalue weighted by atomic mass is 32.2. The fraction of sp³-hybridized carbons (Fsp3) is 0.276. The van der Waals surface area contributed by atoms with Gasteiger partial charge in [-0.15, -0.1) is 11.3 Å². The summed E-state index contributed by atoms with van der Waals surface area (Å²) in [6.07, 6.45) is 0.619. The van der Waals surface area contributed by atoms with Gasteiger partial charge < -0.3 is 9.84 Å². The van der Waals surface area contributed by atoms with Crippen LogP contribution in [0.1, 0.15) is 59.7 Å². The highest BCUT2D eigenvalue weighted by molar-refractivity contribution is 8.06. The summed E-state index contributed by atoms with van der Waals surface area (Å²) >= 11 is 1.96. The number of hydrogen-bond acceptors (Lipinski definition) is 10. The van der Waals surface area contributed by atoms with Crippen molar-refractivity contribution in [2.24, 2.45) is 5.41 Å². The molecule has 5 rings (SSSR count). The highest BCUT2D eigenvalue weighted by Crippen LogP contribution is 2.48. The topological polar surface area (TPSA) is 128 Å². The Morgan fingerprint density at radius 1 is 1.12 bits per heavy atom. The number of fused-ring (bicyclic) bond motifs is 1. The first-order chi connectivity index (χ1) is 19.0. The number of para-hydroxylation sites is 1. The summed E-state index contributed by atoms with van der Waals surface area (Å²) in [5, 5.41) is 22.4. The zero-order valence-corrected chi connectivity index (χ0v) is 23.9. The van der Waals surface area contributed by atoms with Crippen LogP contribution in [-0.2, 0) is 20.7 Å². The molecular formula is C29H25N3O6S2. The molecule has 1 aromatic heterocycles. The van der Waals surface area contributed by atoms with Crippen molar-refractivity contribution in [2.75, 3.05) is 16.4 Å². The molecule has 2 aromatic rings. The molecule has 0 radical (unpaired) electrons. The fourth-order valence-electron chi connectivity index (χ4n) is 5.12. The van der Waals surface area contributed by atoms with Crippen LogP contribution < -0.4 is 9.80 Å². The van der Waals surface area contributed by atoms with Gasteiger partial charge >= 0.3 is 5.97 Å². The van der Waals surface area contributed by atoms with Crippen LogP contribution in [0.4, 0.5) is 10.7 Å². The normalized spacial score (nSPS) is 20.5. The van der Waals surface area contributed by atoms with Crippen molar-refractivity contribution in [3.05, 3.63) is 79.4 Å². The second-order valence-corrected chi connectivity index (χ2v) is 12.1. The third-order valence-electron chi connectivity index (χ3n) is 6.85. The molecule has 0 spiro atoms. The lowest BCUT2D eigenvalue weighted by atomic mass is 9.75. The van der Waals surface area contributed by atoms with Gasteiger partial charge in [0.1, 0.15) is 21.7 Å². The van der Waals surface area contributed by atoms with Gasteiger partial charge in [-0.2, -0.15) is 5.26 Å². The monoisotopic (exact) mass is 575 g/mol. The Morgan fingerprint density at radius 3 is 2.48 bits per heavy atom. The van der Waals surface area contributed by atoms with Crippen LogP contribution in [0.2, 0.25) is 0 Å². The number of thioether (sulfide) groups is 1. The van der Waals surface area contributed by atoms with E-state index in [4.69, 9.17) is 4.74 Å². The van der Waals surface area contributed by atoms with Crippen LogP contribution in [0.25, 0.3) is 0 Å².